The number of carbonyl (C=O) groups is 1. The van der Waals surface area contributed by atoms with Gasteiger partial charge in [-0.05, 0) is 44.9 Å². The molecule has 0 aromatic rings. The lowest BCUT2D eigenvalue weighted by Crippen LogP contribution is -2.21. The van der Waals surface area contributed by atoms with Gasteiger partial charge in [-0.25, -0.2) is 0 Å². The average Bonchev–Trinajstić information content (AvgIpc) is 2.81. The first-order valence-electron chi connectivity index (χ1n) is 9.93. The minimum absolute atomic E-state index is 0.0228. The summed E-state index contributed by atoms with van der Waals surface area (Å²) in [6, 6.07) is 0. The van der Waals surface area contributed by atoms with E-state index in [1.165, 1.54) is 0 Å². The molecule has 6 heteroatoms. The van der Waals surface area contributed by atoms with Gasteiger partial charge in [0.25, 0.3) is 0 Å². The summed E-state index contributed by atoms with van der Waals surface area (Å²) in [5, 5.41) is 48.3. The number of hydrogen-bond acceptors (Lipinski definition) is 5. The van der Waals surface area contributed by atoms with Crippen molar-refractivity contribution in [2.45, 2.75) is 95.5 Å². The molecular weight excluding hydrogens is 336 g/mol. The topological polar surface area (TPSA) is 118 Å². The lowest BCUT2D eigenvalue weighted by Gasteiger charge is -2.21. The summed E-state index contributed by atoms with van der Waals surface area (Å²) in [7, 11) is 0. The Labute approximate surface area is 156 Å². The highest BCUT2D eigenvalue weighted by Gasteiger charge is 2.39. The molecule has 0 bridgehead atoms. The van der Waals surface area contributed by atoms with Gasteiger partial charge in [0.2, 0.25) is 0 Å². The molecule has 0 saturated heterocycles. The Kier molecular flexibility index (Phi) is 11.0. The van der Waals surface area contributed by atoms with Gasteiger partial charge in [0.1, 0.15) is 0 Å². The summed E-state index contributed by atoms with van der Waals surface area (Å²) >= 11 is 0. The second-order valence-corrected chi connectivity index (χ2v) is 7.69. The van der Waals surface area contributed by atoms with E-state index < -0.39 is 24.3 Å². The third-order valence-corrected chi connectivity index (χ3v) is 5.27. The van der Waals surface area contributed by atoms with Crippen LogP contribution in [0.25, 0.3) is 0 Å². The zero-order valence-electron chi connectivity index (χ0n) is 15.8. The van der Waals surface area contributed by atoms with Crippen molar-refractivity contribution in [2.24, 2.45) is 11.8 Å². The first-order valence-corrected chi connectivity index (χ1v) is 9.93. The molecule has 0 unspecified atom stereocenters. The third-order valence-electron chi connectivity index (χ3n) is 5.27. The summed E-state index contributed by atoms with van der Waals surface area (Å²) in [6.07, 6.45) is 8.10. The Morgan fingerprint density at radius 3 is 2.38 bits per heavy atom. The first-order chi connectivity index (χ1) is 12.3. The molecule has 1 rings (SSSR count). The SMILES string of the molecule is C[C@@H](O)CCC[C@@H](O)/C=C/[C@@H]1[C@@H](CCCCCCC(=O)O)[C@@H](O)C[C@@H]1O. The predicted molar refractivity (Wildman–Crippen MR) is 99.6 cm³/mol. The number of carboxylic acid groups (broad SMARTS) is 1. The number of aliphatic hydroxyl groups is 4. The maximum Gasteiger partial charge on any atom is 0.303 e. The van der Waals surface area contributed by atoms with Crippen LogP contribution in [-0.4, -0.2) is 55.9 Å². The number of aliphatic hydroxyl groups excluding tert-OH is 4. The summed E-state index contributed by atoms with van der Waals surface area (Å²) in [6.45, 7) is 1.73. The van der Waals surface area contributed by atoms with Crippen molar-refractivity contribution < 1.29 is 30.3 Å². The lowest BCUT2D eigenvalue weighted by molar-refractivity contribution is -0.137. The van der Waals surface area contributed by atoms with Crippen LogP contribution in [-0.2, 0) is 4.79 Å². The van der Waals surface area contributed by atoms with Crippen LogP contribution in [0.15, 0.2) is 12.2 Å². The van der Waals surface area contributed by atoms with Crippen LogP contribution in [0.2, 0.25) is 0 Å². The van der Waals surface area contributed by atoms with Gasteiger partial charge in [-0.2, -0.15) is 0 Å². The Morgan fingerprint density at radius 2 is 1.73 bits per heavy atom. The molecule has 1 saturated carbocycles. The Hall–Kier alpha value is -0.950. The van der Waals surface area contributed by atoms with E-state index in [0.29, 0.717) is 25.7 Å². The number of aliphatic carboxylic acids is 1. The van der Waals surface area contributed by atoms with E-state index in [1.807, 2.05) is 6.08 Å². The van der Waals surface area contributed by atoms with E-state index in [-0.39, 0.29) is 24.4 Å². The number of rotatable bonds is 13. The van der Waals surface area contributed by atoms with Crippen molar-refractivity contribution in [3.8, 4) is 0 Å². The molecular formula is C20H36O6. The van der Waals surface area contributed by atoms with Crippen LogP contribution in [0, 0.1) is 11.8 Å². The van der Waals surface area contributed by atoms with E-state index in [0.717, 1.165) is 32.1 Å². The molecule has 0 aromatic carbocycles. The number of carboxylic acids is 1. The van der Waals surface area contributed by atoms with Gasteiger partial charge >= 0.3 is 5.97 Å². The average molecular weight is 373 g/mol. The van der Waals surface area contributed by atoms with Crippen LogP contribution in [0.4, 0.5) is 0 Å². The molecule has 5 N–H and O–H groups in total. The first kappa shape index (κ1) is 23.1. The van der Waals surface area contributed by atoms with E-state index in [1.54, 1.807) is 13.0 Å². The van der Waals surface area contributed by atoms with Crippen LogP contribution < -0.4 is 0 Å². The van der Waals surface area contributed by atoms with Crippen LogP contribution in [0.1, 0.15) is 71.1 Å². The van der Waals surface area contributed by atoms with Gasteiger partial charge in [0.05, 0.1) is 24.4 Å². The lowest BCUT2D eigenvalue weighted by atomic mass is 9.88. The van der Waals surface area contributed by atoms with E-state index in [9.17, 15) is 25.2 Å². The fourth-order valence-electron chi connectivity index (χ4n) is 3.76. The smallest absolute Gasteiger partial charge is 0.303 e. The summed E-state index contributed by atoms with van der Waals surface area (Å²) < 4.78 is 0. The Balaban J connectivity index is 2.38. The van der Waals surface area contributed by atoms with Crippen molar-refractivity contribution >= 4 is 5.97 Å². The largest absolute Gasteiger partial charge is 0.481 e. The molecule has 1 aliphatic rings. The van der Waals surface area contributed by atoms with Crippen LogP contribution in [0.3, 0.4) is 0 Å². The monoisotopic (exact) mass is 372 g/mol. The summed E-state index contributed by atoms with van der Waals surface area (Å²) in [5.41, 5.74) is 0. The molecule has 0 radical (unpaired) electrons. The maximum atomic E-state index is 10.5. The highest BCUT2D eigenvalue weighted by atomic mass is 16.4. The highest BCUT2D eigenvalue weighted by Crippen LogP contribution is 2.37. The van der Waals surface area contributed by atoms with Gasteiger partial charge in [-0.3, -0.25) is 4.79 Å². The van der Waals surface area contributed by atoms with Crippen LogP contribution >= 0.6 is 0 Å². The molecule has 6 atom stereocenters. The fourth-order valence-corrected chi connectivity index (χ4v) is 3.76. The highest BCUT2D eigenvalue weighted by molar-refractivity contribution is 5.66. The number of hydrogen-bond donors (Lipinski definition) is 5. The fraction of sp³-hybridized carbons (Fsp3) is 0.850. The van der Waals surface area contributed by atoms with E-state index in [2.05, 4.69) is 0 Å². The normalized spacial score (nSPS) is 28.5. The summed E-state index contributed by atoms with van der Waals surface area (Å²) in [4.78, 5) is 10.5. The molecule has 1 fully saturated rings. The van der Waals surface area contributed by atoms with Crippen molar-refractivity contribution in [3.05, 3.63) is 12.2 Å². The Morgan fingerprint density at radius 1 is 1.04 bits per heavy atom. The van der Waals surface area contributed by atoms with Gasteiger partial charge in [0, 0.05) is 18.8 Å². The second kappa shape index (κ2) is 12.4. The minimum Gasteiger partial charge on any atom is -0.481 e. The molecule has 0 spiro atoms. The zero-order chi connectivity index (χ0) is 19.5. The Bertz CT molecular complexity index is 423. The molecule has 0 aliphatic heterocycles. The van der Waals surface area contributed by atoms with Crippen molar-refractivity contribution in [1.29, 1.82) is 0 Å². The standard InChI is InChI=1S/C20H36O6/c1-14(21)7-6-8-15(22)11-12-17-16(18(23)13-19(17)24)9-4-2-3-5-10-20(25)26/h11-12,14-19,21-24H,2-10,13H2,1H3,(H,25,26)/b12-11+/t14-,15-,16-,17-,18+,19+/m1/s1. The summed E-state index contributed by atoms with van der Waals surface area (Å²) in [5.74, 6) is -0.947. The molecule has 26 heavy (non-hydrogen) atoms. The predicted octanol–water partition coefficient (Wildman–Crippen LogP) is 2.24. The quantitative estimate of drug-likeness (QED) is 0.250. The maximum absolute atomic E-state index is 10.5. The van der Waals surface area contributed by atoms with Gasteiger partial charge in [-0.15, -0.1) is 0 Å². The molecule has 1 aliphatic carbocycles. The van der Waals surface area contributed by atoms with Gasteiger partial charge in [0.15, 0.2) is 0 Å². The molecule has 6 nitrogen and oxygen atoms in total. The molecule has 0 heterocycles. The molecule has 152 valence electrons. The minimum atomic E-state index is -0.767. The van der Waals surface area contributed by atoms with Gasteiger partial charge < -0.3 is 25.5 Å². The third kappa shape index (κ3) is 9.12. The molecule has 0 amide bonds. The zero-order valence-corrected chi connectivity index (χ0v) is 15.8. The number of unbranched alkanes of at least 4 members (excludes halogenated alkanes) is 3. The van der Waals surface area contributed by atoms with Crippen LogP contribution in [0.5, 0.6) is 0 Å². The van der Waals surface area contributed by atoms with Crippen molar-refractivity contribution in [1.82, 2.24) is 0 Å². The second-order valence-electron chi connectivity index (χ2n) is 7.69. The molecule has 0 aromatic heterocycles. The van der Waals surface area contributed by atoms with Gasteiger partial charge in [-0.1, -0.05) is 31.4 Å². The van der Waals surface area contributed by atoms with E-state index in [4.69, 9.17) is 5.11 Å². The van der Waals surface area contributed by atoms with Crippen molar-refractivity contribution in [2.75, 3.05) is 0 Å². The van der Waals surface area contributed by atoms with E-state index >= 15 is 0 Å². The van der Waals surface area contributed by atoms with Crippen molar-refractivity contribution in [3.63, 3.8) is 0 Å².